The third-order valence-electron chi connectivity index (χ3n) is 5.06. The van der Waals surface area contributed by atoms with Gasteiger partial charge in [-0.05, 0) is 42.7 Å². The van der Waals surface area contributed by atoms with E-state index in [4.69, 9.17) is 5.73 Å². The minimum absolute atomic E-state index is 0.00267. The van der Waals surface area contributed by atoms with Crippen LogP contribution in [0.5, 0.6) is 0 Å². The van der Waals surface area contributed by atoms with Gasteiger partial charge in [-0.25, -0.2) is 0 Å². The average molecular weight is 365 g/mol. The number of benzene rings is 2. The van der Waals surface area contributed by atoms with Gasteiger partial charge in [0, 0.05) is 36.8 Å². The molecule has 5 nitrogen and oxygen atoms in total. The van der Waals surface area contributed by atoms with Crippen molar-refractivity contribution in [3.05, 3.63) is 65.7 Å². The molecule has 0 radical (unpaired) electrons. The summed E-state index contributed by atoms with van der Waals surface area (Å²) in [5.74, 6) is -0.110. The maximum Gasteiger partial charge on any atom is 0.254 e. The SMILES string of the molecule is CC(=O)Nc1cccc(CN(C(=O)c2ccccc2)C2CCCCC2N)c1. The Balaban J connectivity index is 1.88. The lowest BCUT2D eigenvalue weighted by atomic mass is 9.89. The minimum Gasteiger partial charge on any atom is -0.330 e. The quantitative estimate of drug-likeness (QED) is 0.851. The molecule has 0 heterocycles. The summed E-state index contributed by atoms with van der Waals surface area (Å²) in [6, 6.07) is 17.0. The highest BCUT2D eigenvalue weighted by atomic mass is 16.2. The molecule has 0 aliphatic heterocycles. The van der Waals surface area contributed by atoms with Crippen LogP contribution in [0.1, 0.15) is 48.5 Å². The first-order valence-corrected chi connectivity index (χ1v) is 9.53. The van der Waals surface area contributed by atoms with Crippen LogP contribution in [0.4, 0.5) is 5.69 Å². The highest BCUT2D eigenvalue weighted by molar-refractivity contribution is 5.94. The molecule has 0 bridgehead atoms. The Morgan fingerprint density at radius 2 is 1.81 bits per heavy atom. The lowest BCUT2D eigenvalue weighted by molar-refractivity contribution is -0.114. The lowest BCUT2D eigenvalue weighted by Gasteiger charge is -2.38. The zero-order valence-electron chi connectivity index (χ0n) is 15.7. The molecular formula is C22H27N3O2. The van der Waals surface area contributed by atoms with Crippen molar-refractivity contribution in [2.24, 2.45) is 5.73 Å². The summed E-state index contributed by atoms with van der Waals surface area (Å²) in [6.45, 7) is 1.96. The van der Waals surface area contributed by atoms with Gasteiger partial charge in [0.1, 0.15) is 0 Å². The van der Waals surface area contributed by atoms with Gasteiger partial charge in [-0.2, -0.15) is 0 Å². The van der Waals surface area contributed by atoms with Crippen molar-refractivity contribution in [3.63, 3.8) is 0 Å². The molecule has 1 fully saturated rings. The highest BCUT2D eigenvalue weighted by Gasteiger charge is 2.31. The molecule has 2 aromatic rings. The fourth-order valence-corrected chi connectivity index (χ4v) is 3.76. The van der Waals surface area contributed by atoms with Crippen LogP contribution in [0.2, 0.25) is 0 Å². The van der Waals surface area contributed by atoms with Crippen LogP contribution in [0.25, 0.3) is 0 Å². The minimum atomic E-state index is -0.112. The molecule has 0 saturated heterocycles. The normalized spacial score (nSPS) is 19.3. The zero-order chi connectivity index (χ0) is 19.2. The first-order chi connectivity index (χ1) is 13.0. The fraction of sp³-hybridized carbons (Fsp3) is 0.364. The highest BCUT2D eigenvalue weighted by Crippen LogP contribution is 2.26. The van der Waals surface area contributed by atoms with Gasteiger partial charge in [0.25, 0.3) is 5.91 Å². The number of anilines is 1. The Hall–Kier alpha value is -2.66. The third kappa shape index (κ3) is 4.95. The summed E-state index contributed by atoms with van der Waals surface area (Å²) in [5.41, 5.74) is 8.78. The smallest absolute Gasteiger partial charge is 0.254 e. The van der Waals surface area contributed by atoms with E-state index in [1.54, 1.807) is 0 Å². The Morgan fingerprint density at radius 1 is 1.07 bits per heavy atom. The molecule has 2 atom stereocenters. The number of rotatable bonds is 5. The van der Waals surface area contributed by atoms with Gasteiger partial charge in [-0.1, -0.05) is 43.2 Å². The van der Waals surface area contributed by atoms with Crippen LogP contribution in [-0.4, -0.2) is 28.8 Å². The number of amides is 2. The molecule has 2 unspecified atom stereocenters. The van der Waals surface area contributed by atoms with Gasteiger partial charge in [0.05, 0.1) is 0 Å². The topological polar surface area (TPSA) is 75.4 Å². The lowest BCUT2D eigenvalue weighted by Crippen LogP contribution is -2.51. The molecule has 3 rings (SSSR count). The van der Waals surface area contributed by atoms with E-state index >= 15 is 0 Å². The van der Waals surface area contributed by atoms with Crippen LogP contribution >= 0.6 is 0 Å². The largest absolute Gasteiger partial charge is 0.330 e. The molecule has 1 aliphatic carbocycles. The van der Waals surface area contributed by atoms with E-state index < -0.39 is 0 Å². The first-order valence-electron chi connectivity index (χ1n) is 9.53. The Morgan fingerprint density at radius 3 is 2.52 bits per heavy atom. The standard InChI is InChI=1S/C22H27N3O2/c1-16(26)24-19-11-7-8-17(14-19)15-25(21-13-6-5-12-20(21)23)22(27)18-9-3-2-4-10-18/h2-4,7-11,14,20-21H,5-6,12-13,15,23H2,1H3,(H,24,26). The molecule has 2 aromatic carbocycles. The van der Waals surface area contributed by atoms with Crippen molar-refractivity contribution < 1.29 is 9.59 Å². The molecule has 142 valence electrons. The van der Waals surface area contributed by atoms with Crippen molar-refractivity contribution in [2.75, 3.05) is 5.32 Å². The van der Waals surface area contributed by atoms with E-state index in [1.165, 1.54) is 6.92 Å². The Labute approximate surface area is 160 Å². The van der Waals surface area contributed by atoms with Gasteiger partial charge in [0.15, 0.2) is 0 Å². The maximum atomic E-state index is 13.3. The number of hydrogen-bond acceptors (Lipinski definition) is 3. The number of nitrogens with zero attached hydrogens (tertiary/aromatic N) is 1. The van der Waals surface area contributed by atoms with E-state index in [0.717, 1.165) is 36.9 Å². The van der Waals surface area contributed by atoms with Crippen LogP contribution in [-0.2, 0) is 11.3 Å². The molecule has 0 spiro atoms. The average Bonchev–Trinajstić information content (AvgIpc) is 2.67. The van der Waals surface area contributed by atoms with Crippen molar-refractivity contribution in [1.82, 2.24) is 4.90 Å². The molecule has 0 aromatic heterocycles. The fourth-order valence-electron chi connectivity index (χ4n) is 3.76. The summed E-state index contributed by atoms with van der Waals surface area (Å²) in [7, 11) is 0. The molecule has 1 aliphatic rings. The molecule has 2 amide bonds. The predicted molar refractivity (Wildman–Crippen MR) is 107 cm³/mol. The van der Waals surface area contributed by atoms with E-state index in [1.807, 2.05) is 59.5 Å². The second-order valence-corrected chi connectivity index (χ2v) is 7.20. The summed E-state index contributed by atoms with van der Waals surface area (Å²) in [5, 5.41) is 2.80. The molecule has 3 N–H and O–H groups in total. The van der Waals surface area contributed by atoms with Crippen molar-refractivity contribution >= 4 is 17.5 Å². The van der Waals surface area contributed by atoms with Gasteiger partial charge in [-0.3, -0.25) is 9.59 Å². The van der Waals surface area contributed by atoms with E-state index in [0.29, 0.717) is 12.1 Å². The van der Waals surface area contributed by atoms with E-state index in [9.17, 15) is 9.59 Å². The molecule has 5 heteroatoms. The summed E-state index contributed by atoms with van der Waals surface area (Å²) >= 11 is 0. The second kappa shape index (κ2) is 8.82. The van der Waals surface area contributed by atoms with Gasteiger partial charge < -0.3 is 16.0 Å². The van der Waals surface area contributed by atoms with Gasteiger partial charge in [-0.15, -0.1) is 0 Å². The van der Waals surface area contributed by atoms with Crippen LogP contribution in [0, 0.1) is 0 Å². The third-order valence-corrected chi connectivity index (χ3v) is 5.06. The zero-order valence-corrected chi connectivity index (χ0v) is 15.7. The molecule has 1 saturated carbocycles. The van der Waals surface area contributed by atoms with Crippen LogP contribution in [0.15, 0.2) is 54.6 Å². The molecule has 27 heavy (non-hydrogen) atoms. The van der Waals surface area contributed by atoms with E-state index in [2.05, 4.69) is 5.32 Å². The predicted octanol–water partition coefficient (Wildman–Crippen LogP) is 3.56. The summed E-state index contributed by atoms with van der Waals surface area (Å²) in [6.07, 6.45) is 4.06. The number of nitrogens with one attached hydrogen (secondary N) is 1. The van der Waals surface area contributed by atoms with Crippen molar-refractivity contribution in [2.45, 2.75) is 51.2 Å². The Bertz CT molecular complexity index is 791. The summed E-state index contributed by atoms with van der Waals surface area (Å²) < 4.78 is 0. The monoisotopic (exact) mass is 365 g/mol. The van der Waals surface area contributed by atoms with Crippen LogP contribution in [0.3, 0.4) is 0 Å². The van der Waals surface area contributed by atoms with Crippen molar-refractivity contribution in [1.29, 1.82) is 0 Å². The van der Waals surface area contributed by atoms with Crippen molar-refractivity contribution in [3.8, 4) is 0 Å². The van der Waals surface area contributed by atoms with Gasteiger partial charge in [0.2, 0.25) is 5.91 Å². The van der Waals surface area contributed by atoms with Gasteiger partial charge >= 0.3 is 0 Å². The second-order valence-electron chi connectivity index (χ2n) is 7.20. The Kier molecular flexibility index (Phi) is 6.24. The first kappa shape index (κ1) is 19.1. The number of hydrogen-bond donors (Lipinski definition) is 2. The number of nitrogens with two attached hydrogens (primary N) is 1. The number of carbonyl (C=O) groups is 2. The summed E-state index contributed by atoms with van der Waals surface area (Å²) in [4.78, 5) is 26.5. The van der Waals surface area contributed by atoms with E-state index in [-0.39, 0.29) is 23.9 Å². The van der Waals surface area contributed by atoms with Crippen LogP contribution < -0.4 is 11.1 Å². The molecular weight excluding hydrogens is 338 g/mol. The maximum absolute atomic E-state index is 13.3. The number of carbonyl (C=O) groups excluding carboxylic acids is 2.